The smallest absolute Gasteiger partial charge is 0.407 e. The second-order valence-electron chi connectivity index (χ2n) is 8.55. The molecule has 0 bridgehead atoms. The Morgan fingerprint density at radius 1 is 1.07 bits per heavy atom. The van der Waals surface area contributed by atoms with Crippen molar-refractivity contribution < 1.29 is 13.9 Å². The number of ether oxygens (including phenoxy) is 1. The molecule has 30 heavy (non-hydrogen) atoms. The van der Waals surface area contributed by atoms with E-state index in [1.54, 1.807) is 22.8 Å². The zero-order valence-electron chi connectivity index (χ0n) is 17.3. The first-order chi connectivity index (χ1) is 14.3. The largest absolute Gasteiger partial charge is 0.444 e. The summed E-state index contributed by atoms with van der Waals surface area (Å²) in [5, 5.41) is 11.7. The molecule has 1 heterocycles. The third-order valence-electron chi connectivity index (χ3n) is 5.04. The van der Waals surface area contributed by atoms with Gasteiger partial charge in [0.15, 0.2) is 5.82 Å². The normalized spacial score (nSPS) is 18.5. The maximum atomic E-state index is 14.7. The third-order valence-corrected chi connectivity index (χ3v) is 5.04. The zero-order chi connectivity index (χ0) is 21.3. The van der Waals surface area contributed by atoms with Crippen LogP contribution in [0.4, 0.5) is 9.18 Å². The van der Waals surface area contributed by atoms with E-state index in [0.717, 1.165) is 5.56 Å². The second-order valence-corrected chi connectivity index (χ2v) is 8.55. The Balaban J connectivity index is 1.59. The molecule has 0 saturated heterocycles. The molecule has 1 amide bonds. The standard InChI is InChI=1S/C23H25FN4O2/c1-23(2,3)30-22(29)25-17-13-16(14-17)21-27-26-20(15-9-5-4-6-10-15)28(21)19-12-8-7-11-18(19)24/h4-12,16-17H,13-14H2,1-3H3,(H,25,29). The predicted molar refractivity (Wildman–Crippen MR) is 112 cm³/mol. The lowest BCUT2D eigenvalue weighted by molar-refractivity contribution is 0.0469. The average Bonchev–Trinajstić information content (AvgIpc) is 3.08. The van der Waals surface area contributed by atoms with E-state index in [2.05, 4.69) is 15.5 Å². The highest BCUT2D eigenvalue weighted by atomic mass is 19.1. The molecule has 1 fully saturated rings. The lowest BCUT2D eigenvalue weighted by atomic mass is 9.79. The molecule has 0 radical (unpaired) electrons. The van der Waals surface area contributed by atoms with Gasteiger partial charge in [-0.05, 0) is 45.7 Å². The fourth-order valence-electron chi connectivity index (χ4n) is 3.63. The number of rotatable bonds is 4. The van der Waals surface area contributed by atoms with E-state index in [0.29, 0.717) is 30.2 Å². The molecule has 0 aliphatic heterocycles. The van der Waals surface area contributed by atoms with Crippen molar-refractivity contribution in [2.75, 3.05) is 0 Å². The van der Waals surface area contributed by atoms with Crippen LogP contribution in [-0.2, 0) is 4.74 Å². The highest BCUT2D eigenvalue weighted by Crippen LogP contribution is 2.39. The van der Waals surface area contributed by atoms with Gasteiger partial charge in [-0.3, -0.25) is 4.57 Å². The Morgan fingerprint density at radius 3 is 2.40 bits per heavy atom. The van der Waals surface area contributed by atoms with Crippen LogP contribution in [0.15, 0.2) is 54.6 Å². The van der Waals surface area contributed by atoms with Crippen molar-refractivity contribution in [1.82, 2.24) is 20.1 Å². The van der Waals surface area contributed by atoms with Crippen molar-refractivity contribution in [2.24, 2.45) is 0 Å². The molecule has 0 unspecified atom stereocenters. The van der Waals surface area contributed by atoms with Crippen molar-refractivity contribution in [3.05, 3.63) is 66.2 Å². The number of carbonyl (C=O) groups excluding carboxylic acids is 1. The van der Waals surface area contributed by atoms with Crippen LogP contribution in [0.1, 0.15) is 45.4 Å². The molecule has 1 aliphatic carbocycles. The van der Waals surface area contributed by atoms with E-state index in [9.17, 15) is 9.18 Å². The molecule has 6 nitrogen and oxygen atoms in total. The van der Waals surface area contributed by atoms with E-state index < -0.39 is 11.7 Å². The average molecular weight is 408 g/mol. The van der Waals surface area contributed by atoms with E-state index in [-0.39, 0.29) is 17.8 Å². The molecule has 7 heteroatoms. The fourth-order valence-corrected chi connectivity index (χ4v) is 3.63. The Morgan fingerprint density at radius 2 is 1.73 bits per heavy atom. The predicted octanol–water partition coefficient (Wildman–Crippen LogP) is 4.84. The van der Waals surface area contributed by atoms with Crippen LogP contribution in [-0.4, -0.2) is 32.5 Å². The number of aromatic nitrogens is 3. The fraction of sp³-hybridized carbons (Fsp3) is 0.348. The van der Waals surface area contributed by atoms with Gasteiger partial charge in [0.05, 0.1) is 5.69 Å². The summed E-state index contributed by atoms with van der Waals surface area (Å²) in [7, 11) is 0. The summed E-state index contributed by atoms with van der Waals surface area (Å²) in [5.41, 5.74) is 0.741. The lowest BCUT2D eigenvalue weighted by Crippen LogP contribution is -2.45. The number of amides is 1. The summed E-state index contributed by atoms with van der Waals surface area (Å²) >= 11 is 0. The number of carbonyl (C=O) groups is 1. The first kappa shape index (κ1) is 20.1. The van der Waals surface area contributed by atoms with Gasteiger partial charge in [-0.1, -0.05) is 42.5 Å². The Hall–Kier alpha value is -3.22. The van der Waals surface area contributed by atoms with Crippen LogP contribution in [0.2, 0.25) is 0 Å². The molecular weight excluding hydrogens is 383 g/mol. The molecule has 0 atom stereocenters. The van der Waals surface area contributed by atoms with Crippen molar-refractivity contribution in [2.45, 2.75) is 51.2 Å². The summed E-state index contributed by atoms with van der Waals surface area (Å²) in [5.74, 6) is 1.02. The monoisotopic (exact) mass is 408 g/mol. The van der Waals surface area contributed by atoms with Crippen LogP contribution in [0.5, 0.6) is 0 Å². The Bertz CT molecular complexity index is 1040. The maximum absolute atomic E-state index is 14.7. The molecule has 4 rings (SSSR count). The van der Waals surface area contributed by atoms with Gasteiger partial charge in [0.2, 0.25) is 0 Å². The quantitative estimate of drug-likeness (QED) is 0.670. The number of para-hydroxylation sites is 1. The van der Waals surface area contributed by atoms with Crippen LogP contribution in [0.25, 0.3) is 17.1 Å². The van der Waals surface area contributed by atoms with Crippen molar-refractivity contribution in [3.8, 4) is 17.1 Å². The van der Waals surface area contributed by atoms with Gasteiger partial charge >= 0.3 is 6.09 Å². The van der Waals surface area contributed by atoms with E-state index in [1.165, 1.54) is 6.07 Å². The van der Waals surface area contributed by atoms with Crippen molar-refractivity contribution >= 4 is 6.09 Å². The molecule has 0 spiro atoms. The summed E-state index contributed by atoms with van der Waals surface area (Å²) in [6.45, 7) is 5.49. The molecule has 156 valence electrons. The number of halogens is 1. The molecule has 1 saturated carbocycles. The molecule has 1 aliphatic rings. The summed E-state index contributed by atoms with van der Waals surface area (Å²) in [4.78, 5) is 12.0. The van der Waals surface area contributed by atoms with Crippen molar-refractivity contribution in [3.63, 3.8) is 0 Å². The highest BCUT2D eigenvalue weighted by Gasteiger charge is 2.37. The first-order valence-electron chi connectivity index (χ1n) is 10.1. The SMILES string of the molecule is CC(C)(C)OC(=O)NC1CC(c2nnc(-c3ccccc3)n2-c2ccccc2F)C1. The zero-order valence-corrected chi connectivity index (χ0v) is 17.3. The number of alkyl carbamates (subject to hydrolysis) is 1. The minimum Gasteiger partial charge on any atom is -0.444 e. The van der Waals surface area contributed by atoms with Crippen LogP contribution >= 0.6 is 0 Å². The number of hydrogen-bond acceptors (Lipinski definition) is 4. The highest BCUT2D eigenvalue weighted by molar-refractivity contribution is 5.68. The molecule has 1 aromatic heterocycles. The number of nitrogens with one attached hydrogen (secondary N) is 1. The van der Waals surface area contributed by atoms with Gasteiger partial charge in [0, 0.05) is 17.5 Å². The lowest BCUT2D eigenvalue weighted by Gasteiger charge is -2.35. The summed E-state index contributed by atoms with van der Waals surface area (Å²) < 4.78 is 21.8. The van der Waals surface area contributed by atoms with Gasteiger partial charge in [0.25, 0.3) is 0 Å². The number of hydrogen-bond donors (Lipinski definition) is 1. The number of benzene rings is 2. The van der Waals surface area contributed by atoms with Gasteiger partial charge in [-0.25, -0.2) is 9.18 Å². The van der Waals surface area contributed by atoms with Crippen LogP contribution in [0, 0.1) is 5.82 Å². The van der Waals surface area contributed by atoms with Crippen molar-refractivity contribution in [1.29, 1.82) is 0 Å². The van der Waals surface area contributed by atoms with Gasteiger partial charge in [0.1, 0.15) is 17.2 Å². The molecule has 2 aromatic carbocycles. The number of nitrogens with zero attached hydrogens (tertiary/aromatic N) is 3. The molecule has 1 N–H and O–H groups in total. The third kappa shape index (κ3) is 4.20. The van der Waals surface area contributed by atoms with Crippen LogP contribution in [0.3, 0.4) is 0 Å². The maximum Gasteiger partial charge on any atom is 0.407 e. The van der Waals surface area contributed by atoms with E-state index in [1.807, 2.05) is 51.1 Å². The minimum absolute atomic E-state index is 0.00389. The van der Waals surface area contributed by atoms with Gasteiger partial charge in [-0.2, -0.15) is 0 Å². The topological polar surface area (TPSA) is 69.0 Å². The van der Waals surface area contributed by atoms with Crippen LogP contribution < -0.4 is 5.32 Å². The van der Waals surface area contributed by atoms with E-state index >= 15 is 0 Å². The Labute approximate surface area is 175 Å². The molecule has 3 aromatic rings. The van der Waals surface area contributed by atoms with Gasteiger partial charge in [-0.15, -0.1) is 10.2 Å². The second kappa shape index (κ2) is 7.89. The summed E-state index contributed by atoms with van der Waals surface area (Å²) in [6.07, 6.45) is 0.966. The Kier molecular flexibility index (Phi) is 5.28. The minimum atomic E-state index is -0.539. The molecular formula is C23H25FN4O2. The van der Waals surface area contributed by atoms with Gasteiger partial charge < -0.3 is 10.1 Å². The van der Waals surface area contributed by atoms with E-state index in [4.69, 9.17) is 4.74 Å². The summed E-state index contributed by atoms with van der Waals surface area (Å²) in [6, 6.07) is 16.2. The first-order valence-corrected chi connectivity index (χ1v) is 10.1.